The maximum atomic E-state index is 12.9. The van der Waals surface area contributed by atoms with E-state index < -0.39 is 5.92 Å². The topological polar surface area (TPSA) is 107 Å². The Labute approximate surface area is 175 Å². The summed E-state index contributed by atoms with van der Waals surface area (Å²) < 4.78 is 0. The molecule has 3 heterocycles. The van der Waals surface area contributed by atoms with Crippen LogP contribution < -0.4 is 21.1 Å². The van der Waals surface area contributed by atoms with E-state index in [0.717, 1.165) is 37.9 Å². The number of hydrogen-bond acceptors (Lipinski definition) is 5. The van der Waals surface area contributed by atoms with Crippen molar-refractivity contribution < 1.29 is 9.59 Å². The van der Waals surface area contributed by atoms with Crippen molar-refractivity contribution in [1.82, 2.24) is 9.97 Å². The fourth-order valence-electron chi connectivity index (χ4n) is 4.01. The Hall–Kier alpha value is -3.16. The summed E-state index contributed by atoms with van der Waals surface area (Å²) in [6.45, 7) is 5.87. The molecule has 4 rings (SSSR count). The van der Waals surface area contributed by atoms with E-state index >= 15 is 0 Å². The minimum absolute atomic E-state index is 0.0861. The van der Waals surface area contributed by atoms with Gasteiger partial charge in [-0.05, 0) is 42.9 Å². The summed E-state index contributed by atoms with van der Waals surface area (Å²) in [5.41, 5.74) is 1.63. The molecular formula is C22H27N5O3. The summed E-state index contributed by atoms with van der Waals surface area (Å²) in [5.74, 6) is -0.314. The smallest absolute Gasteiger partial charge is 0.258 e. The van der Waals surface area contributed by atoms with Gasteiger partial charge in [0, 0.05) is 25.2 Å². The van der Waals surface area contributed by atoms with Crippen LogP contribution in [0.2, 0.25) is 0 Å². The predicted octanol–water partition coefficient (Wildman–Crippen LogP) is 2.63. The van der Waals surface area contributed by atoms with Gasteiger partial charge in [-0.1, -0.05) is 26.0 Å². The van der Waals surface area contributed by atoms with Gasteiger partial charge in [-0.2, -0.15) is 4.98 Å². The van der Waals surface area contributed by atoms with Crippen LogP contribution in [-0.4, -0.2) is 34.9 Å². The fourth-order valence-corrected chi connectivity index (χ4v) is 4.01. The predicted molar refractivity (Wildman–Crippen MR) is 116 cm³/mol. The third kappa shape index (κ3) is 4.08. The first-order valence-electron chi connectivity index (χ1n) is 10.5. The number of hydrogen-bond donors (Lipinski definition) is 3. The number of anilines is 3. The van der Waals surface area contributed by atoms with Gasteiger partial charge in [-0.25, -0.2) is 0 Å². The van der Waals surface area contributed by atoms with Crippen LogP contribution >= 0.6 is 0 Å². The minimum Gasteiger partial charge on any atom is -0.342 e. The van der Waals surface area contributed by atoms with Crippen LogP contribution in [0.1, 0.15) is 50.2 Å². The molecule has 0 bridgehead atoms. The number of fused-ring (bicyclic) bond motifs is 1. The first-order chi connectivity index (χ1) is 14.4. The summed E-state index contributed by atoms with van der Waals surface area (Å²) in [6.07, 6.45) is 2.87. The van der Waals surface area contributed by atoms with Gasteiger partial charge in [0.15, 0.2) is 0 Å². The number of aromatic nitrogens is 2. The number of carbonyl (C=O) groups excluding carboxylic acids is 2. The van der Waals surface area contributed by atoms with Gasteiger partial charge in [-0.15, -0.1) is 0 Å². The molecule has 1 aromatic heterocycles. The monoisotopic (exact) mass is 409 g/mol. The second kappa shape index (κ2) is 8.30. The van der Waals surface area contributed by atoms with Gasteiger partial charge in [-0.3, -0.25) is 19.4 Å². The van der Waals surface area contributed by atoms with Gasteiger partial charge in [0.05, 0.1) is 11.5 Å². The summed E-state index contributed by atoms with van der Waals surface area (Å²) in [7, 11) is 0. The molecule has 0 spiro atoms. The van der Waals surface area contributed by atoms with Crippen LogP contribution in [0.4, 0.5) is 17.5 Å². The SMILES string of the molecule is CCc1ccc(NC(=O)[C@H]2CC(=O)Nc3nc(N4CCC(C)CC4)[nH]c(=O)c32)cc1. The van der Waals surface area contributed by atoms with Crippen LogP contribution in [0, 0.1) is 5.92 Å². The quantitative estimate of drug-likeness (QED) is 0.720. The van der Waals surface area contributed by atoms with Crippen molar-refractivity contribution in [2.24, 2.45) is 5.92 Å². The number of nitrogens with zero attached hydrogens (tertiary/aromatic N) is 2. The first-order valence-corrected chi connectivity index (χ1v) is 10.5. The Morgan fingerprint density at radius 3 is 2.57 bits per heavy atom. The lowest BCUT2D eigenvalue weighted by molar-refractivity contribution is -0.123. The Morgan fingerprint density at radius 1 is 1.20 bits per heavy atom. The van der Waals surface area contributed by atoms with Crippen molar-refractivity contribution in [3.8, 4) is 0 Å². The third-order valence-electron chi connectivity index (χ3n) is 5.97. The number of rotatable bonds is 4. The maximum absolute atomic E-state index is 12.9. The van der Waals surface area contributed by atoms with E-state index in [0.29, 0.717) is 17.6 Å². The number of amides is 2. The molecule has 2 aliphatic heterocycles. The number of nitrogens with one attached hydrogen (secondary N) is 3. The van der Waals surface area contributed by atoms with Gasteiger partial charge >= 0.3 is 0 Å². The number of aryl methyl sites for hydroxylation is 1. The molecule has 0 saturated carbocycles. The van der Waals surface area contributed by atoms with Crippen LogP contribution in [0.25, 0.3) is 0 Å². The fraction of sp³-hybridized carbons (Fsp3) is 0.455. The Balaban J connectivity index is 1.60. The number of carbonyl (C=O) groups is 2. The molecule has 2 aliphatic rings. The van der Waals surface area contributed by atoms with Crippen molar-refractivity contribution >= 4 is 29.3 Å². The van der Waals surface area contributed by atoms with Crippen molar-refractivity contribution in [3.05, 3.63) is 45.7 Å². The lowest BCUT2D eigenvalue weighted by atomic mass is 9.92. The molecule has 8 nitrogen and oxygen atoms in total. The zero-order valence-corrected chi connectivity index (χ0v) is 17.3. The number of aromatic amines is 1. The van der Waals surface area contributed by atoms with Crippen LogP contribution in [0.3, 0.4) is 0 Å². The zero-order chi connectivity index (χ0) is 21.3. The van der Waals surface area contributed by atoms with Gasteiger partial charge in [0.2, 0.25) is 17.8 Å². The number of piperidine rings is 1. The van der Waals surface area contributed by atoms with Gasteiger partial charge in [0.25, 0.3) is 5.56 Å². The molecule has 30 heavy (non-hydrogen) atoms. The Kier molecular flexibility index (Phi) is 5.57. The first kappa shape index (κ1) is 20.1. The van der Waals surface area contributed by atoms with Crippen molar-refractivity contribution in [1.29, 1.82) is 0 Å². The molecule has 1 atom stereocenters. The molecule has 1 aromatic carbocycles. The molecule has 8 heteroatoms. The second-order valence-electron chi connectivity index (χ2n) is 8.17. The van der Waals surface area contributed by atoms with E-state index in [1.165, 1.54) is 0 Å². The molecular weight excluding hydrogens is 382 g/mol. The standard InChI is InChI=1S/C22H27N5O3/c1-3-14-4-6-15(7-5-14)23-20(29)16-12-17(28)24-19-18(16)21(30)26-22(25-19)27-10-8-13(2)9-11-27/h4-7,13,16H,3,8-12H2,1-2H3,(H,23,29)(H2,24,25,26,28,30)/t16-/m0/s1. The molecule has 3 N–H and O–H groups in total. The van der Waals surface area contributed by atoms with Crippen molar-refractivity contribution in [3.63, 3.8) is 0 Å². The number of benzene rings is 1. The Bertz CT molecular complexity index is 1010. The lowest BCUT2D eigenvalue weighted by Gasteiger charge is -2.31. The maximum Gasteiger partial charge on any atom is 0.258 e. The molecule has 1 fully saturated rings. The largest absolute Gasteiger partial charge is 0.342 e. The van der Waals surface area contributed by atoms with E-state index in [2.05, 4.69) is 34.4 Å². The molecule has 0 unspecified atom stereocenters. The summed E-state index contributed by atoms with van der Waals surface area (Å²) >= 11 is 0. The normalized spacial score (nSPS) is 19.2. The highest BCUT2D eigenvalue weighted by molar-refractivity contribution is 6.04. The Morgan fingerprint density at radius 2 is 1.90 bits per heavy atom. The zero-order valence-electron chi connectivity index (χ0n) is 17.3. The van der Waals surface area contributed by atoms with E-state index in [-0.39, 0.29) is 35.2 Å². The van der Waals surface area contributed by atoms with E-state index in [1.807, 2.05) is 29.2 Å². The second-order valence-corrected chi connectivity index (χ2v) is 8.17. The molecule has 1 saturated heterocycles. The van der Waals surface area contributed by atoms with Crippen LogP contribution in [-0.2, 0) is 16.0 Å². The van der Waals surface area contributed by atoms with E-state index in [9.17, 15) is 14.4 Å². The molecule has 2 amide bonds. The summed E-state index contributed by atoms with van der Waals surface area (Å²) in [4.78, 5) is 47.4. The van der Waals surface area contributed by atoms with Crippen molar-refractivity contribution in [2.75, 3.05) is 28.6 Å². The van der Waals surface area contributed by atoms with Gasteiger partial charge < -0.3 is 15.5 Å². The van der Waals surface area contributed by atoms with Crippen LogP contribution in [0.5, 0.6) is 0 Å². The van der Waals surface area contributed by atoms with Crippen molar-refractivity contribution in [2.45, 2.75) is 45.4 Å². The highest BCUT2D eigenvalue weighted by Crippen LogP contribution is 2.31. The van der Waals surface area contributed by atoms with E-state index in [4.69, 9.17) is 0 Å². The lowest BCUT2D eigenvalue weighted by Crippen LogP contribution is -2.39. The average molecular weight is 409 g/mol. The van der Waals surface area contributed by atoms with E-state index in [1.54, 1.807) is 0 Å². The highest BCUT2D eigenvalue weighted by Gasteiger charge is 2.35. The molecule has 0 radical (unpaired) electrons. The molecule has 0 aliphatic carbocycles. The molecule has 158 valence electrons. The highest BCUT2D eigenvalue weighted by atomic mass is 16.2. The minimum atomic E-state index is -0.883. The summed E-state index contributed by atoms with van der Waals surface area (Å²) in [5, 5.41) is 5.50. The van der Waals surface area contributed by atoms with Crippen LogP contribution in [0.15, 0.2) is 29.1 Å². The molecule has 2 aromatic rings. The summed E-state index contributed by atoms with van der Waals surface area (Å²) in [6, 6.07) is 7.53. The average Bonchev–Trinajstić information content (AvgIpc) is 2.73. The third-order valence-corrected chi connectivity index (χ3v) is 5.97. The number of H-pyrrole nitrogens is 1. The van der Waals surface area contributed by atoms with Gasteiger partial charge in [0.1, 0.15) is 5.82 Å².